The summed E-state index contributed by atoms with van der Waals surface area (Å²) in [6.45, 7) is 2.56. The van der Waals surface area contributed by atoms with Crippen molar-refractivity contribution in [3.05, 3.63) is 41.5 Å². The Morgan fingerprint density at radius 2 is 2.05 bits per heavy atom. The Balaban J connectivity index is 2.74. The van der Waals surface area contributed by atoms with E-state index in [-0.39, 0.29) is 17.7 Å². The summed E-state index contributed by atoms with van der Waals surface area (Å²) in [6.07, 6.45) is 1.48. The van der Waals surface area contributed by atoms with Gasteiger partial charge in [-0.15, -0.1) is 0 Å². The normalized spacial score (nSPS) is 11.9. The number of carbonyl (C=O) groups excluding carboxylic acids is 1. The number of ether oxygens (including phenoxy) is 1. The molecule has 1 unspecified atom stereocenters. The molecule has 0 radical (unpaired) electrons. The van der Waals surface area contributed by atoms with Crippen molar-refractivity contribution in [1.82, 2.24) is 5.32 Å². The van der Waals surface area contributed by atoms with Gasteiger partial charge in [0.05, 0.1) is 6.04 Å². The zero-order valence-electron chi connectivity index (χ0n) is 11.1. The summed E-state index contributed by atoms with van der Waals surface area (Å²) in [7, 11) is 0. The van der Waals surface area contributed by atoms with Crippen molar-refractivity contribution < 1.29 is 18.3 Å². The van der Waals surface area contributed by atoms with E-state index in [2.05, 4.69) is 10.1 Å². The predicted octanol–water partition coefficient (Wildman–Crippen LogP) is 3.43. The largest absolute Gasteiger partial charge is 0.435 e. The quantitative estimate of drug-likeness (QED) is 0.832. The van der Waals surface area contributed by atoms with Crippen LogP contribution in [-0.4, -0.2) is 12.5 Å². The number of nitrogens with one attached hydrogen (secondary N) is 1. The lowest BCUT2D eigenvalue weighted by molar-refractivity contribution is -0.117. The predicted molar refractivity (Wildman–Crippen MR) is 69.1 cm³/mol. The molecule has 0 aliphatic heterocycles. The van der Waals surface area contributed by atoms with Crippen LogP contribution >= 0.6 is 0 Å². The molecule has 19 heavy (non-hydrogen) atoms. The van der Waals surface area contributed by atoms with E-state index >= 15 is 0 Å². The molecule has 1 amide bonds. The molecule has 1 atom stereocenters. The van der Waals surface area contributed by atoms with Crippen molar-refractivity contribution >= 4 is 5.91 Å². The molecule has 5 heteroatoms. The molecule has 0 bridgehead atoms. The summed E-state index contributed by atoms with van der Waals surface area (Å²) in [5.41, 5.74) is 1.59. The van der Waals surface area contributed by atoms with Crippen LogP contribution in [0.25, 0.3) is 0 Å². The third-order valence-corrected chi connectivity index (χ3v) is 2.36. The van der Waals surface area contributed by atoms with Crippen molar-refractivity contribution in [2.45, 2.75) is 33.4 Å². The molecule has 1 aromatic carbocycles. The average molecular weight is 269 g/mol. The smallest absolute Gasteiger partial charge is 0.387 e. The SMILES string of the molecule is CC(C)=CC(=O)NC(C)c1cccc(OC(F)F)c1. The number of rotatable bonds is 5. The van der Waals surface area contributed by atoms with Gasteiger partial charge >= 0.3 is 6.61 Å². The molecule has 0 heterocycles. The minimum atomic E-state index is -2.86. The zero-order chi connectivity index (χ0) is 14.4. The van der Waals surface area contributed by atoms with Crippen molar-refractivity contribution in [2.75, 3.05) is 0 Å². The van der Waals surface area contributed by atoms with E-state index in [0.717, 1.165) is 5.57 Å². The Hall–Kier alpha value is -1.91. The van der Waals surface area contributed by atoms with Crippen molar-refractivity contribution in [3.8, 4) is 5.75 Å². The highest BCUT2D eigenvalue weighted by Gasteiger charge is 2.10. The third-order valence-electron chi connectivity index (χ3n) is 2.36. The van der Waals surface area contributed by atoms with Crippen LogP contribution in [0.15, 0.2) is 35.9 Å². The summed E-state index contributed by atoms with van der Waals surface area (Å²) in [5.74, 6) is -0.136. The molecule has 1 rings (SSSR count). The van der Waals surface area contributed by atoms with Gasteiger partial charge in [0.1, 0.15) is 5.75 Å². The van der Waals surface area contributed by atoms with Gasteiger partial charge < -0.3 is 10.1 Å². The van der Waals surface area contributed by atoms with E-state index < -0.39 is 6.61 Å². The lowest BCUT2D eigenvalue weighted by atomic mass is 10.1. The second-order valence-electron chi connectivity index (χ2n) is 4.40. The van der Waals surface area contributed by atoms with Gasteiger partial charge in [-0.1, -0.05) is 17.7 Å². The highest BCUT2D eigenvalue weighted by Crippen LogP contribution is 2.20. The van der Waals surface area contributed by atoms with Crippen LogP contribution in [0.5, 0.6) is 5.75 Å². The number of allylic oxidation sites excluding steroid dienone is 1. The van der Waals surface area contributed by atoms with Gasteiger partial charge in [0, 0.05) is 6.08 Å². The highest BCUT2D eigenvalue weighted by molar-refractivity contribution is 5.88. The average Bonchev–Trinajstić information content (AvgIpc) is 2.27. The number of hydrogen-bond donors (Lipinski definition) is 1. The zero-order valence-corrected chi connectivity index (χ0v) is 11.1. The molecule has 0 spiro atoms. The maximum Gasteiger partial charge on any atom is 0.387 e. The van der Waals surface area contributed by atoms with Crippen LogP contribution in [0.4, 0.5) is 8.78 Å². The van der Waals surface area contributed by atoms with E-state index in [1.54, 1.807) is 19.1 Å². The lowest BCUT2D eigenvalue weighted by Gasteiger charge is -2.14. The van der Waals surface area contributed by atoms with Crippen LogP contribution < -0.4 is 10.1 Å². The number of amides is 1. The summed E-state index contributed by atoms with van der Waals surface area (Å²) in [4.78, 5) is 11.6. The van der Waals surface area contributed by atoms with E-state index in [1.807, 2.05) is 13.8 Å². The molecule has 1 aromatic rings. The van der Waals surface area contributed by atoms with Crippen LogP contribution in [0.3, 0.4) is 0 Å². The standard InChI is InChI=1S/C14H17F2NO2/c1-9(2)7-13(18)17-10(3)11-5-4-6-12(8-11)19-14(15)16/h4-8,10,14H,1-3H3,(H,17,18). The number of alkyl halides is 2. The van der Waals surface area contributed by atoms with Gasteiger partial charge in [0.25, 0.3) is 0 Å². The molecule has 104 valence electrons. The molecule has 0 aromatic heterocycles. The van der Waals surface area contributed by atoms with E-state index in [1.165, 1.54) is 18.2 Å². The molecular weight excluding hydrogens is 252 g/mol. The summed E-state index contributed by atoms with van der Waals surface area (Å²) in [6, 6.07) is 5.99. The van der Waals surface area contributed by atoms with Gasteiger partial charge in [-0.3, -0.25) is 4.79 Å². The lowest BCUT2D eigenvalue weighted by Crippen LogP contribution is -2.24. The molecular formula is C14H17F2NO2. The van der Waals surface area contributed by atoms with Crippen LogP contribution in [0.1, 0.15) is 32.4 Å². The molecule has 0 fully saturated rings. The molecule has 3 nitrogen and oxygen atoms in total. The van der Waals surface area contributed by atoms with Gasteiger partial charge in [0.15, 0.2) is 0 Å². The first-order chi connectivity index (χ1) is 8.88. The fourth-order valence-corrected chi connectivity index (χ4v) is 1.56. The summed E-state index contributed by atoms with van der Waals surface area (Å²) >= 11 is 0. The van der Waals surface area contributed by atoms with Crippen molar-refractivity contribution in [1.29, 1.82) is 0 Å². The first kappa shape index (κ1) is 15.1. The Bertz CT molecular complexity index is 468. The van der Waals surface area contributed by atoms with E-state index in [4.69, 9.17) is 0 Å². The molecule has 0 aliphatic carbocycles. The molecule has 0 aliphatic rings. The van der Waals surface area contributed by atoms with Gasteiger partial charge in [-0.25, -0.2) is 0 Å². The Labute approximate surface area is 111 Å². The summed E-state index contributed by atoms with van der Waals surface area (Å²) in [5, 5.41) is 2.75. The number of halogens is 2. The Kier molecular flexibility index (Phi) is 5.48. The second kappa shape index (κ2) is 6.87. The van der Waals surface area contributed by atoms with Crippen LogP contribution in [-0.2, 0) is 4.79 Å². The third kappa shape index (κ3) is 5.50. The monoisotopic (exact) mass is 269 g/mol. The number of hydrogen-bond acceptors (Lipinski definition) is 2. The van der Waals surface area contributed by atoms with Crippen LogP contribution in [0, 0.1) is 0 Å². The molecule has 0 saturated carbocycles. The maximum absolute atomic E-state index is 12.1. The molecule has 0 saturated heterocycles. The Morgan fingerprint density at radius 3 is 2.63 bits per heavy atom. The fourth-order valence-electron chi connectivity index (χ4n) is 1.56. The first-order valence-electron chi connectivity index (χ1n) is 5.88. The van der Waals surface area contributed by atoms with Crippen LogP contribution in [0.2, 0.25) is 0 Å². The van der Waals surface area contributed by atoms with Gasteiger partial charge in [-0.2, -0.15) is 8.78 Å². The van der Waals surface area contributed by atoms with Crippen molar-refractivity contribution in [2.24, 2.45) is 0 Å². The minimum Gasteiger partial charge on any atom is -0.435 e. The maximum atomic E-state index is 12.1. The van der Waals surface area contributed by atoms with E-state index in [0.29, 0.717) is 5.56 Å². The van der Waals surface area contributed by atoms with E-state index in [9.17, 15) is 13.6 Å². The topological polar surface area (TPSA) is 38.3 Å². The van der Waals surface area contributed by atoms with Gasteiger partial charge in [0.2, 0.25) is 5.91 Å². The second-order valence-corrected chi connectivity index (χ2v) is 4.40. The Morgan fingerprint density at radius 1 is 1.37 bits per heavy atom. The van der Waals surface area contributed by atoms with Gasteiger partial charge in [-0.05, 0) is 38.5 Å². The fraction of sp³-hybridized carbons (Fsp3) is 0.357. The first-order valence-corrected chi connectivity index (χ1v) is 5.88. The number of carbonyl (C=O) groups is 1. The minimum absolute atomic E-state index is 0.0795. The van der Waals surface area contributed by atoms with Crippen molar-refractivity contribution in [3.63, 3.8) is 0 Å². The summed E-state index contributed by atoms with van der Waals surface area (Å²) < 4.78 is 28.5. The highest BCUT2D eigenvalue weighted by atomic mass is 19.3. The molecule has 1 N–H and O–H groups in total. The number of benzene rings is 1.